The first-order valence-corrected chi connectivity index (χ1v) is 6.87. The van der Waals surface area contributed by atoms with Crippen LogP contribution >= 0.6 is 0 Å². The molecular weight excluding hydrogens is 297 g/mol. The smallest absolute Gasteiger partial charge is 0.250 e. The number of nitrogens with zero attached hydrogens (tertiary/aromatic N) is 3. The number of rotatable bonds is 5. The summed E-state index contributed by atoms with van der Waals surface area (Å²) in [5.74, 6) is 5.04. The van der Waals surface area contributed by atoms with Crippen molar-refractivity contribution in [3.05, 3.63) is 66.4 Å². The lowest BCUT2D eigenvalue weighted by Gasteiger charge is -2.08. The standard InChI is InChI=1S/C16H14FN5O/c17-13-6-12(14-8-20-15(22-18)9-19-14)7-21-16(13)23-10-11-4-2-1-3-5-11/h1-9H,10,18H2,(H,20,22). The molecule has 0 bridgehead atoms. The molecule has 0 atom stereocenters. The molecule has 2 aromatic heterocycles. The van der Waals surface area contributed by atoms with Crippen LogP contribution in [-0.2, 0) is 6.61 Å². The lowest BCUT2D eigenvalue weighted by Crippen LogP contribution is -2.08. The van der Waals surface area contributed by atoms with Crippen molar-refractivity contribution in [2.45, 2.75) is 6.61 Å². The van der Waals surface area contributed by atoms with Crippen LogP contribution in [0.25, 0.3) is 11.3 Å². The summed E-state index contributed by atoms with van der Waals surface area (Å²) in [4.78, 5) is 12.2. The molecule has 1 aromatic carbocycles. The Morgan fingerprint density at radius 3 is 2.52 bits per heavy atom. The zero-order valence-corrected chi connectivity index (χ0v) is 12.1. The molecule has 0 spiro atoms. The van der Waals surface area contributed by atoms with Crippen molar-refractivity contribution in [2.75, 3.05) is 5.43 Å². The molecule has 3 aromatic rings. The van der Waals surface area contributed by atoms with Gasteiger partial charge in [0.15, 0.2) is 11.6 Å². The Bertz CT molecular complexity index is 780. The molecule has 0 radical (unpaired) electrons. The summed E-state index contributed by atoms with van der Waals surface area (Å²) in [7, 11) is 0. The van der Waals surface area contributed by atoms with Gasteiger partial charge in [-0.15, -0.1) is 0 Å². The third kappa shape index (κ3) is 3.58. The molecule has 116 valence electrons. The highest BCUT2D eigenvalue weighted by Gasteiger charge is 2.09. The van der Waals surface area contributed by atoms with Gasteiger partial charge in [-0.2, -0.15) is 0 Å². The fourth-order valence-corrected chi connectivity index (χ4v) is 1.95. The molecule has 6 nitrogen and oxygen atoms in total. The average Bonchev–Trinajstić information content (AvgIpc) is 2.61. The molecule has 0 aliphatic carbocycles. The van der Waals surface area contributed by atoms with Crippen LogP contribution in [0.4, 0.5) is 10.2 Å². The number of aromatic nitrogens is 3. The zero-order valence-electron chi connectivity index (χ0n) is 12.1. The highest BCUT2D eigenvalue weighted by Crippen LogP contribution is 2.22. The van der Waals surface area contributed by atoms with Crippen LogP contribution in [0.1, 0.15) is 5.56 Å². The topological polar surface area (TPSA) is 86.0 Å². The van der Waals surface area contributed by atoms with Crippen molar-refractivity contribution in [3.8, 4) is 17.1 Å². The van der Waals surface area contributed by atoms with Crippen molar-refractivity contribution in [1.82, 2.24) is 15.0 Å². The Labute approximate surface area is 132 Å². The summed E-state index contributed by atoms with van der Waals surface area (Å²) < 4.78 is 19.5. The first kappa shape index (κ1) is 14.9. The van der Waals surface area contributed by atoms with Crippen molar-refractivity contribution in [1.29, 1.82) is 0 Å². The Kier molecular flexibility index (Phi) is 4.39. The predicted octanol–water partition coefficient (Wildman–Crippen LogP) is 2.54. The summed E-state index contributed by atoms with van der Waals surface area (Å²) >= 11 is 0. The lowest BCUT2D eigenvalue weighted by atomic mass is 10.2. The number of nitrogens with two attached hydrogens (primary N) is 1. The molecule has 0 amide bonds. The first-order valence-electron chi connectivity index (χ1n) is 6.87. The van der Waals surface area contributed by atoms with Gasteiger partial charge in [0.05, 0.1) is 18.1 Å². The number of nitrogen functional groups attached to an aromatic ring is 1. The van der Waals surface area contributed by atoms with Crippen molar-refractivity contribution in [2.24, 2.45) is 5.84 Å². The van der Waals surface area contributed by atoms with Crippen LogP contribution in [-0.4, -0.2) is 15.0 Å². The van der Waals surface area contributed by atoms with Crippen molar-refractivity contribution < 1.29 is 9.13 Å². The van der Waals surface area contributed by atoms with Gasteiger partial charge in [0, 0.05) is 11.8 Å². The molecule has 3 N–H and O–H groups in total. The van der Waals surface area contributed by atoms with Crippen LogP contribution in [0.2, 0.25) is 0 Å². The van der Waals surface area contributed by atoms with Gasteiger partial charge in [0.1, 0.15) is 6.61 Å². The maximum Gasteiger partial charge on any atom is 0.250 e. The summed E-state index contributed by atoms with van der Waals surface area (Å²) in [6.45, 7) is 0.251. The number of hydrazine groups is 1. The average molecular weight is 311 g/mol. The van der Waals surface area contributed by atoms with Gasteiger partial charge in [0.25, 0.3) is 5.88 Å². The van der Waals surface area contributed by atoms with Gasteiger partial charge in [0.2, 0.25) is 0 Å². The molecule has 0 unspecified atom stereocenters. The molecule has 0 saturated carbocycles. The van der Waals surface area contributed by atoms with E-state index in [1.807, 2.05) is 30.3 Å². The van der Waals surface area contributed by atoms with Crippen LogP contribution in [0, 0.1) is 5.82 Å². The molecule has 0 fully saturated rings. The lowest BCUT2D eigenvalue weighted by molar-refractivity contribution is 0.277. The number of halogens is 1. The third-order valence-electron chi connectivity index (χ3n) is 3.12. The summed E-state index contributed by atoms with van der Waals surface area (Å²) in [6.07, 6.45) is 4.42. The molecule has 0 aliphatic heterocycles. The fourth-order valence-electron chi connectivity index (χ4n) is 1.95. The van der Waals surface area contributed by atoms with Gasteiger partial charge in [-0.3, -0.25) is 4.98 Å². The zero-order chi connectivity index (χ0) is 16.1. The summed E-state index contributed by atoms with van der Waals surface area (Å²) in [6, 6.07) is 10.8. The van der Waals surface area contributed by atoms with E-state index in [0.29, 0.717) is 17.1 Å². The Morgan fingerprint density at radius 1 is 1.04 bits per heavy atom. The van der Waals surface area contributed by atoms with Gasteiger partial charge in [-0.05, 0) is 11.6 Å². The second kappa shape index (κ2) is 6.80. The van der Waals surface area contributed by atoms with E-state index in [2.05, 4.69) is 20.4 Å². The minimum absolute atomic E-state index is 0.0502. The quantitative estimate of drug-likeness (QED) is 0.556. The number of pyridine rings is 1. The molecule has 0 saturated heterocycles. The van der Waals surface area contributed by atoms with E-state index in [1.54, 1.807) is 0 Å². The minimum atomic E-state index is -0.554. The van der Waals surface area contributed by atoms with E-state index in [0.717, 1.165) is 5.56 Å². The highest BCUT2D eigenvalue weighted by atomic mass is 19.1. The number of ether oxygens (including phenoxy) is 1. The van der Waals surface area contributed by atoms with Gasteiger partial charge < -0.3 is 10.2 Å². The fraction of sp³-hybridized carbons (Fsp3) is 0.0625. The third-order valence-corrected chi connectivity index (χ3v) is 3.12. The first-order chi connectivity index (χ1) is 11.3. The van der Waals surface area contributed by atoms with E-state index in [1.165, 1.54) is 24.7 Å². The van der Waals surface area contributed by atoms with E-state index in [9.17, 15) is 4.39 Å². The highest BCUT2D eigenvalue weighted by molar-refractivity contribution is 5.58. The van der Waals surface area contributed by atoms with Crippen molar-refractivity contribution in [3.63, 3.8) is 0 Å². The number of hydrogen-bond donors (Lipinski definition) is 2. The van der Waals surface area contributed by atoms with E-state index < -0.39 is 5.82 Å². The van der Waals surface area contributed by atoms with Crippen LogP contribution in [0.3, 0.4) is 0 Å². The summed E-state index contributed by atoms with van der Waals surface area (Å²) in [5, 5.41) is 0. The minimum Gasteiger partial charge on any atom is -0.471 e. The molecule has 0 aliphatic rings. The van der Waals surface area contributed by atoms with Crippen LogP contribution < -0.4 is 16.0 Å². The SMILES string of the molecule is NNc1cnc(-c2cnc(OCc3ccccc3)c(F)c2)cn1. The van der Waals surface area contributed by atoms with E-state index in [-0.39, 0.29) is 12.5 Å². The molecular formula is C16H14FN5O. The Balaban J connectivity index is 1.74. The maximum atomic E-state index is 14.1. The van der Waals surface area contributed by atoms with E-state index >= 15 is 0 Å². The van der Waals surface area contributed by atoms with Gasteiger partial charge in [-0.1, -0.05) is 30.3 Å². The van der Waals surface area contributed by atoms with Gasteiger partial charge in [-0.25, -0.2) is 20.2 Å². The summed E-state index contributed by atoms with van der Waals surface area (Å²) in [5.41, 5.74) is 4.31. The maximum absolute atomic E-state index is 14.1. The van der Waals surface area contributed by atoms with Crippen molar-refractivity contribution >= 4 is 5.82 Å². The van der Waals surface area contributed by atoms with E-state index in [4.69, 9.17) is 10.6 Å². The predicted molar refractivity (Wildman–Crippen MR) is 83.8 cm³/mol. The van der Waals surface area contributed by atoms with Crippen LogP contribution in [0.15, 0.2) is 55.0 Å². The second-order valence-electron chi connectivity index (χ2n) is 4.72. The molecule has 23 heavy (non-hydrogen) atoms. The normalized spacial score (nSPS) is 10.3. The Hall–Kier alpha value is -3.06. The molecule has 3 rings (SSSR count). The van der Waals surface area contributed by atoms with Gasteiger partial charge >= 0.3 is 0 Å². The molecule has 7 heteroatoms. The number of benzene rings is 1. The number of nitrogens with one attached hydrogen (secondary N) is 1. The number of anilines is 1. The second-order valence-corrected chi connectivity index (χ2v) is 4.72. The van der Waals surface area contributed by atoms with Crippen LogP contribution in [0.5, 0.6) is 5.88 Å². The molecule has 2 heterocycles. The largest absolute Gasteiger partial charge is 0.471 e. The number of hydrogen-bond acceptors (Lipinski definition) is 6. The Morgan fingerprint density at radius 2 is 1.87 bits per heavy atom. The monoisotopic (exact) mass is 311 g/mol.